The molecule has 3 rings (SSSR count). The fraction of sp³-hybridized carbons (Fsp3) is 0.167. The topological polar surface area (TPSA) is 42.2 Å². The number of furan rings is 1. The van der Waals surface area contributed by atoms with Crippen LogP contribution in [-0.4, -0.2) is 5.91 Å². The largest absolute Gasteiger partial charge is 0.451 e. The summed E-state index contributed by atoms with van der Waals surface area (Å²) in [5.74, 6) is 0.207. The van der Waals surface area contributed by atoms with E-state index in [1.165, 1.54) is 0 Å². The van der Waals surface area contributed by atoms with E-state index in [2.05, 4.69) is 5.32 Å². The minimum Gasteiger partial charge on any atom is -0.451 e. The SMILES string of the molecule is Cc1c(C(=O)N[C@@H](C)c2ccccc2)oc2ccccc12. The molecule has 0 aliphatic carbocycles. The molecule has 106 valence electrons. The Morgan fingerprint density at radius 2 is 1.71 bits per heavy atom. The van der Waals surface area contributed by atoms with E-state index in [9.17, 15) is 4.79 Å². The monoisotopic (exact) mass is 279 g/mol. The van der Waals surface area contributed by atoms with Crippen molar-refractivity contribution in [3.8, 4) is 0 Å². The highest BCUT2D eigenvalue weighted by Crippen LogP contribution is 2.25. The highest BCUT2D eigenvalue weighted by molar-refractivity contribution is 5.99. The second kappa shape index (κ2) is 5.44. The lowest BCUT2D eigenvalue weighted by Gasteiger charge is -2.13. The van der Waals surface area contributed by atoms with Gasteiger partial charge in [-0.2, -0.15) is 0 Å². The Bertz CT molecular complexity index is 774. The summed E-state index contributed by atoms with van der Waals surface area (Å²) in [5, 5.41) is 3.96. The average molecular weight is 279 g/mol. The smallest absolute Gasteiger partial charge is 0.287 e. The summed E-state index contributed by atoms with van der Waals surface area (Å²) in [6, 6.07) is 17.5. The Balaban J connectivity index is 1.86. The number of aryl methyl sites for hydroxylation is 1. The maximum absolute atomic E-state index is 12.4. The molecule has 3 nitrogen and oxygen atoms in total. The summed E-state index contributed by atoms with van der Waals surface area (Å²) in [5.41, 5.74) is 2.69. The molecule has 0 saturated heterocycles. The molecule has 1 amide bonds. The fourth-order valence-corrected chi connectivity index (χ4v) is 2.48. The molecule has 21 heavy (non-hydrogen) atoms. The van der Waals surface area contributed by atoms with Gasteiger partial charge in [0.15, 0.2) is 5.76 Å². The molecule has 0 radical (unpaired) electrons. The van der Waals surface area contributed by atoms with E-state index < -0.39 is 0 Å². The van der Waals surface area contributed by atoms with Crippen molar-refractivity contribution in [2.24, 2.45) is 0 Å². The molecule has 0 spiro atoms. The van der Waals surface area contributed by atoms with Gasteiger partial charge in [-0.1, -0.05) is 48.5 Å². The average Bonchev–Trinajstić information content (AvgIpc) is 2.86. The highest BCUT2D eigenvalue weighted by atomic mass is 16.3. The quantitative estimate of drug-likeness (QED) is 0.779. The van der Waals surface area contributed by atoms with Crippen LogP contribution in [0.2, 0.25) is 0 Å². The number of carbonyl (C=O) groups excluding carboxylic acids is 1. The summed E-state index contributed by atoms with van der Waals surface area (Å²) in [6.45, 7) is 3.87. The first-order valence-corrected chi connectivity index (χ1v) is 7.01. The number of nitrogens with one attached hydrogen (secondary N) is 1. The summed E-state index contributed by atoms with van der Waals surface area (Å²) >= 11 is 0. The van der Waals surface area contributed by atoms with E-state index in [1.807, 2.05) is 68.4 Å². The normalized spacial score (nSPS) is 12.3. The number of benzene rings is 2. The van der Waals surface area contributed by atoms with Crippen LogP contribution < -0.4 is 5.32 Å². The van der Waals surface area contributed by atoms with E-state index in [0.29, 0.717) is 5.76 Å². The van der Waals surface area contributed by atoms with Crippen LogP contribution in [0.5, 0.6) is 0 Å². The predicted molar refractivity (Wildman–Crippen MR) is 83.3 cm³/mol. The lowest BCUT2D eigenvalue weighted by atomic mass is 10.1. The summed E-state index contributed by atoms with van der Waals surface area (Å²) in [7, 11) is 0. The Labute approximate surface area is 123 Å². The van der Waals surface area contributed by atoms with Gasteiger partial charge in [0.05, 0.1) is 6.04 Å². The van der Waals surface area contributed by atoms with Gasteiger partial charge in [-0.3, -0.25) is 4.79 Å². The van der Waals surface area contributed by atoms with Crippen LogP contribution in [-0.2, 0) is 0 Å². The zero-order chi connectivity index (χ0) is 14.8. The minimum atomic E-state index is -0.181. The first-order valence-electron chi connectivity index (χ1n) is 7.01. The third-order valence-corrected chi connectivity index (χ3v) is 3.70. The second-order valence-electron chi connectivity index (χ2n) is 5.16. The number of fused-ring (bicyclic) bond motifs is 1. The summed E-state index contributed by atoms with van der Waals surface area (Å²) in [4.78, 5) is 12.4. The van der Waals surface area contributed by atoms with Crippen LogP contribution in [0.15, 0.2) is 59.0 Å². The first-order chi connectivity index (χ1) is 10.2. The third kappa shape index (κ3) is 2.55. The van der Waals surface area contributed by atoms with Crippen molar-refractivity contribution >= 4 is 16.9 Å². The van der Waals surface area contributed by atoms with Crippen molar-refractivity contribution in [3.05, 3.63) is 71.5 Å². The third-order valence-electron chi connectivity index (χ3n) is 3.70. The van der Waals surface area contributed by atoms with Crippen molar-refractivity contribution in [2.45, 2.75) is 19.9 Å². The minimum absolute atomic E-state index is 0.0636. The number of amides is 1. The molecule has 0 bridgehead atoms. The second-order valence-corrected chi connectivity index (χ2v) is 5.16. The molecule has 0 fully saturated rings. The Morgan fingerprint density at radius 3 is 2.43 bits per heavy atom. The van der Waals surface area contributed by atoms with Crippen molar-refractivity contribution in [3.63, 3.8) is 0 Å². The predicted octanol–water partition coefficient (Wildman–Crippen LogP) is 4.23. The van der Waals surface area contributed by atoms with Crippen LogP contribution in [0.3, 0.4) is 0 Å². The molecule has 3 aromatic rings. The van der Waals surface area contributed by atoms with Gasteiger partial charge in [0.2, 0.25) is 0 Å². The molecule has 0 aliphatic rings. The van der Waals surface area contributed by atoms with Gasteiger partial charge in [0.25, 0.3) is 5.91 Å². The van der Waals surface area contributed by atoms with Crippen molar-refractivity contribution in [1.29, 1.82) is 0 Å². The molecule has 0 aliphatic heterocycles. The van der Waals surface area contributed by atoms with Crippen LogP contribution in [0.1, 0.15) is 34.6 Å². The molecule has 1 aromatic heterocycles. The van der Waals surface area contributed by atoms with E-state index in [-0.39, 0.29) is 11.9 Å². The van der Waals surface area contributed by atoms with Crippen molar-refractivity contribution < 1.29 is 9.21 Å². The maximum atomic E-state index is 12.4. The standard InChI is InChI=1S/C18H17NO2/c1-12-15-10-6-7-11-16(15)21-17(12)18(20)19-13(2)14-8-4-3-5-9-14/h3-11,13H,1-2H3,(H,19,20)/t13-/m0/s1. The van der Waals surface area contributed by atoms with Gasteiger partial charge in [0, 0.05) is 10.9 Å². The van der Waals surface area contributed by atoms with E-state index in [4.69, 9.17) is 4.42 Å². The lowest BCUT2D eigenvalue weighted by molar-refractivity contribution is 0.0913. The molecule has 1 heterocycles. The molecule has 1 atom stereocenters. The Kier molecular flexibility index (Phi) is 3.48. The van der Waals surface area contributed by atoms with Gasteiger partial charge in [-0.25, -0.2) is 0 Å². The zero-order valence-electron chi connectivity index (χ0n) is 12.1. The Morgan fingerprint density at radius 1 is 1.05 bits per heavy atom. The summed E-state index contributed by atoms with van der Waals surface area (Å²) < 4.78 is 5.69. The maximum Gasteiger partial charge on any atom is 0.287 e. The molecule has 0 saturated carbocycles. The zero-order valence-corrected chi connectivity index (χ0v) is 12.1. The van der Waals surface area contributed by atoms with E-state index >= 15 is 0 Å². The van der Waals surface area contributed by atoms with Gasteiger partial charge in [0.1, 0.15) is 5.58 Å². The lowest BCUT2D eigenvalue weighted by Crippen LogP contribution is -2.26. The number of hydrogen-bond donors (Lipinski definition) is 1. The van der Waals surface area contributed by atoms with Gasteiger partial charge >= 0.3 is 0 Å². The number of carbonyl (C=O) groups is 1. The molecule has 3 heteroatoms. The van der Waals surface area contributed by atoms with Crippen molar-refractivity contribution in [2.75, 3.05) is 0 Å². The van der Waals surface area contributed by atoms with Crippen LogP contribution in [0.25, 0.3) is 11.0 Å². The van der Waals surface area contributed by atoms with Gasteiger partial charge < -0.3 is 9.73 Å². The Hall–Kier alpha value is -2.55. The summed E-state index contributed by atoms with van der Waals surface area (Å²) in [6.07, 6.45) is 0. The molecule has 2 aromatic carbocycles. The van der Waals surface area contributed by atoms with Gasteiger partial charge in [-0.15, -0.1) is 0 Å². The van der Waals surface area contributed by atoms with Gasteiger partial charge in [-0.05, 0) is 25.5 Å². The fourth-order valence-electron chi connectivity index (χ4n) is 2.48. The van der Waals surface area contributed by atoms with Crippen molar-refractivity contribution in [1.82, 2.24) is 5.32 Å². The molecule has 1 N–H and O–H groups in total. The van der Waals surface area contributed by atoms with Crippen LogP contribution in [0, 0.1) is 6.92 Å². The van der Waals surface area contributed by atoms with Crippen LogP contribution >= 0.6 is 0 Å². The molecular weight excluding hydrogens is 262 g/mol. The van der Waals surface area contributed by atoms with E-state index in [1.54, 1.807) is 0 Å². The highest BCUT2D eigenvalue weighted by Gasteiger charge is 2.19. The molecule has 0 unspecified atom stereocenters. The first kappa shape index (κ1) is 13.4. The number of para-hydroxylation sites is 1. The number of rotatable bonds is 3. The van der Waals surface area contributed by atoms with Crippen LogP contribution in [0.4, 0.5) is 0 Å². The molecular formula is C18H17NO2. The number of hydrogen-bond acceptors (Lipinski definition) is 2. The van der Waals surface area contributed by atoms with E-state index in [0.717, 1.165) is 22.1 Å².